The van der Waals surface area contributed by atoms with Crippen LogP contribution in [-0.4, -0.2) is 27.4 Å². The second-order valence-corrected chi connectivity index (χ2v) is 6.50. The maximum Gasteiger partial charge on any atom is 0.273 e. The molecule has 3 aromatic heterocycles. The number of furan rings is 1. The zero-order chi connectivity index (χ0) is 17.4. The van der Waals surface area contributed by atoms with E-state index in [-0.39, 0.29) is 11.9 Å². The standard InChI is InChI=1S/C18H20N4O3/c1-11-8-12(2)22(20-11)15(16-4-3-7-24-16)10-19-18(23)14-9-17(25-21-14)13-5-6-13/h3-4,7-9,13,15H,5-6,10H2,1-2H3,(H,19,23). The van der Waals surface area contributed by atoms with Crippen LogP contribution >= 0.6 is 0 Å². The summed E-state index contributed by atoms with van der Waals surface area (Å²) < 4.78 is 12.7. The first-order valence-corrected chi connectivity index (χ1v) is 8.43. The smallest absolute Gasteiger partial charge is 0.273 e. The van der Waals surface area contributed by atoms with E-state index in [9.17, 15) is 4.79 Å². The molecule has 7 heteroatoms. The number of nitrogens with zero attached hydrogens (tertiary/aromatic N) is 3. The number of carbonyl (C=O) groups is 1. The molecule has 1 aliphatic carbocycles. The zero-order valence-electron chi connectivity index (χ0n) is 14.2. The molecule has 0 saturated heterocycles. The van der Waals surface area contributed by atoms with Gasteiger partial charge in [-0.25, -0.2) is 0 Å². The Morgan fingerprint density at radius 1 is 1.40 bits per heavy atom. The lowest BCUT2D eigenvalue weighted by Crippen LogP contribution is -2.32. The number of nitrogens with one attached hydrogen (secondary N) is 1. The van der Waals surface area contributed by atoms with Crippen LogP contribution in [0.4, 0.5) is 0 Å². The van der Waals surface area contributed by atoms with E-state index in [2.05, 4.69) is 15.6 Å². The number of hydrogen-bond acceptors (Lipinski definition) is 5. The molecule has 4 rings (SSSR count). The van der Waals surface area contributed by atoms with Crippen molar-refractivity contribution in [2.45, 2.75) is 38.6 Å². The maximum absolute atomic E-state index is 12.4. The number of rotatable bonds is 6. The van der Waals surface area contributed by atoms with Crippen LogP contribution in [0.5, 0.6) is 0 Å². The summed E-state index contributed by atoms with van der Waals surface area (Å²) in [6.07, 6.45) is 3.83. The normalized spacial score (nSPS) is 15.3. The van der Waals surface area contributed by atoms with Gasteiger partial charge in [-0.05, 0) is 44.9 Å². The maximum atomic E-state index is 12.4. The minimum atomic E-state index is -0.256. The minimum Gasteiger partial charge on any atom is -0.467 e. The number of aryl methyl sites for hydroxylation is 2. The molecular formula is C18H20N4O3. The fourth-order valence-electron chi connectivity index (χ4n) is 2.99. The predicted octanol–water partition coefficient (Wildman–Crippen LogP) is 2.98. The van der Waals surface area contributed by atoms with E-state index in [4.69, 9.17) is 8.94 Å². The summed E-state index contributed by atoms with van der Waals surface area (Å²) in [5.74, 6) is 1.71. The van der Waals surface area contributed by atoms with Crippen molar-refractivity contribution in [3.8, 4) is 0 Å². The average molecular weight is 340 g/mol. The van der Waals surface area contributed by atoms with E-state index >= 15 is 0 Å². The van der Waals surface area contributed by atoms with Gasteiger partial charge >= 0.3 is 0 Å². The van der Waals surface area contributed by atoms with Crippen molar-refractivity contribution in [1.29, 1.82) is 0 Å². The average Bonchev–Trinajstić information content (AvgIpc) is 3.01. The van der Waals surface area contributed by atoms with Crippen molar-refractivity contribution in [3.63, 3.8) is 0 Å². The van der Waals surface area contributed by atoms with Gasteiger partial charge in [0.25, 0.3) is 5.91 Å². The van der Waals surface area contributed by atoms with Gasteiger partial charge in [0.05, 0.1) is 12.0 Å². The van der Waals surface area contributed by atoms with Crippen LogP contribution in [-0.2, 0) is 0 Å². The summed E-state index contributed by atoms with van der Waals surface area (Å²) in [7, 11) is 0. The highest BCUT2D eigenvalue weighted by molar-refractivity contribution is 5.92. The van der Waals surface area contributed by atoms with Crippen molar-refractivity contribution in [3.05, 3.63) is 59.1 Å². The minimum absolute atomic E-state index is 0.220. The number of hydrogen-bond donors (Lipinski definition) is 1. The SMILES string of the molecule is Cc1cc(C)n(C(CNC(=O)c2cc(C3CC3)on2)c2ccco2)n1. The fourth-order valence-corrected chi connectivity index (χ4v) is 2.99. The molecule has 1 amide bonds. The lowest BCUT2D eigenvalue weighted by Gasteiger charge is -2.17. The Morgan fingerprint density at radius 2 is 2.24 bits per heavy atom. The van der Waals surface area contributed by atoms with Crippen LogP contribution in [0.1, 0.15) is 58.2 Å². The largest absolute Gasteiger partial charge is 0.467 e. The highest BCUT2D eigenvalue weighted by Gasteiger charge is 2.29. The van der Waals surface area contributed by atoms with E-state index < -0.39 is 0 Å². The Balaban J connectivity index is 1.50. The van der Waals surface area contributed by atoms with Crippen LogP contribution in [0.25, 0.3) is 0 Å². The van der Waals surface area contributed by atoms with E-state index in [0.717, 1.165) is 35.7 Å². The molecule has 1 N–H and O–H groups in total. The molecule has 3 heterocycles. The van der Waals surface area contributed by atoms with Crippen molar-refractivity contribution < 1.29 is 13.7 Å². The monoisotopic (exact) mass is 340 g/mol. The number of carbonyl (C=O) groups excluding carboxylic acids is 1. The third kappa shape index (κ3) is 3.22. The lowest BCUT2D eigenvalue weighted by atomic mass is 10.2. The summed E-state index contributed by atoms with van der Waals surface area (Å²) in [5, 5.41) is 11.3. The van der Waals surface area contributed by atoms with Crippen molar-refractivity contribution >= 4 is 5.91 Å². The van der Waals surface area contributed by atoms with Crippen LogP contribution in [0.3, 0.4) is 0 Å². The van der Waals surface area contributed by atoms with Gasteiger partial charge in [-0.15, -0.1) is 0 Å². The molecule has 1 aliphatic rings. The molecule has 0 spiro atoms. The van der Waals surface area contributed by atoms with Crippen LogP contribution in [0.15, 0.2) is 39.5 Å². The Kier molecular flexibility index (Phi) is 3.91. The first-order chi connectivity index (χ1) is 12.1. The molecule has 1 saturated carbocycles. The Bertz CT molecular complexity index is 874. The summed E-state index contributed by atoms with van der Waals surface area (Å²) in [5.41, 5.74) is 2.24. The highest BCUT2D eigenvalue weighted by Crippen LogP contribution is 2.40. The molecule has 1 unspecified atom stereocenters. The van der Waals surface area contributed by atoms with E-state index in [1.807, 2.05) is 36.7 Å². The second kappa shape index (κ2) is 6.23. The first kappa shape index (κ1) is 15.7. The van der Waals surface area contributed by atoms with Crippen molar-refractivity contribution in [2.24, 2.45) is 0 Å². The quantitative estimate of drug-likeness (QED) is 0.745. The Hall–Kier alpha value is -2.83. The Morgan fingerprint density at radius 3 is 2.88 bits per heavy atom. The van der Waals surface area contributed by atoms with Gasteiger partial charge in [-0.3, -0.25) is 9.48 Å². The molecular weight excluding hydrogens is 320 g/mol. The van der Waals surface area contributed by atoms with Gasteiger partial charge in [0.2, 0.25) is 0 Å². The highest BCUT2D eigenvalue weighted by atomic mass is 16.5. The zero-order valence-corrected chi connectivity index (χ0v) is 14.2. The topological polar surface area (TPSA) is 86.1 Å². The van der Waals surface area contributed by atoms with Gasteiger partial charge in [0.15, 0.2) is 5.69 Å². The van der Waals surface area contributed by atoms with Crippen LogP contribution < -0.4 is 5.32 Å². The van der Waals surface area contributed by atoms with Gasteiger partial charge in [0, 0.05) is 24.2 Å². The van der Waals surface area contributed by atoms with Crippen molar-refractivity contribution in [2.75, 3.05) is 6.54 Å². The summed E-state index contributed by atoms with van der Waals surface area (Å²) in [6.45, 7) is 4.27. The third-order valence-electron chi connectivity index (χ3n) is 4.41. The molecule has 0 aromatic carbocycles. The van der Waals surface area contributed by atoms with Crippen LogP contribution in [0.2, 0.25) is 0 Å². The summed E-state index contributed by atoms with van der Waals surface area (Å²) >= 11 is 0. The number of aromatic nitrogens is 3. The van der Waals surface area contributed by atoms with Crippen LogP contribution in [0, 0.1) is 13.8 Å². The molecule has 1 fully saturated rings. The van der Waals surface area contributed by atoms with Gasteiger partial charge in [-0.2, -0.15) is 5.10 Å². The molecule has 25 heavy (non-hydrogen) atoms. The van der Waals surface area contributed by atoms with E-state index in [0.29, 0.717) is 18.2 Å². The van der Waals surface area contributed by atoms with E-state index in [1.165, 1.54) is 0 Å². The fraction of sp³-hybridized carbons (Fsp3) is 0.389. The third-order valence-corrected chi connectivity index (χ3v) is 4.41. The summed E-state index contributed by atoms with van der Waals surface area (Å²) in [6, 6.07) is 7.22. The number of amides is 1. The van der Waals surface area contributed by atoms with Gasteiger partial charge in [-0.1, -0.05) is 5.16 Å². The van der Waals surface area contributed by atoms with Gasteiger partial charge in [0.1, 0.15) is 17.6 Å². The molecule has 7 nitrogen and oxygen atoms in total. The molecule has 0 aliphatic heterocycles. The summed E-state index contributed by atoms with van der Waals surface area (Å²) in [4.78, 5) is 12.4. The Labute approximate surface area is 145 Å². The van der Waals surface area contributed by atoms with E-state index in [1.54, 1.807) is 12.3 Å². The lowest BCUT2D eigenvalue weighted by molar-refractivity contribution is 0.0938. The molecule has 0 bridgehead atoms. The second-order valence-electron chi connectivity index (χ2n) is 6.50. The van der Waals surface area contributed by atoms with Gasteiger partial charge < -0.3 is 14.3 Å². The molecule has 3 aromatic rings. The van der Waals surface area contributed by atoms with Crippen molar-refractivity contribution in [1.82, 2.24) is 20.3 Å². The molecule has 130 valence electrons. The molecule has 0 radical (unpaired) electrons. The molecule has 1 atom stereocenters. The first-order valence-electron chi connectivity index (χ1n) is 8.43. The predicted molar refractivity (Wildman–Crippen MR) is 89.4 cm³/mol.